The molecule has 0 spiro atoms. The first-order chi connectivity index (χ1) is 9.25. The van der Waals surface area contributed by atoms with Crippen LogP contribution in [0.3, 0.4) is 0 Å². The maximum Gasteiger partial charge on any atom is 0.137 e. The molecule has 0 saturated heterocycles. The summed E-state index contributed by atoms with van der Waals surface area (Å²) in [5.41, 5.74) is 0.924. The highest BCUT2D eigenvalue weighted by molar-refractivity contribution is 9.10. The van der Waals surface area contributed by atoms with Crippen LogP contribution >= 0.6 is 15.9 Å². The lowest BCUT2D eigenvalue weighted by atomic mass is 10.2. The minimum atomic E-state index is -0.267. The van der Waals surface area contributed by atoms with Gasteiger partial charge in [0.05, 0.1) is 17.7 Å². The summed E-state index contributed by atoms with van der Waals surface area (Å²) in [5.74, 6) is 0.562. The van der Waals surface area contributed by atoms with Gasteiger partial charge in [0.25, 0.3) is 0 Å². The monoisotopic (exact) mass is 324 g/mol. The van der Waals surface area contributed by atoms with Crippen LogP contribution in [-0.2, 0) is 11.3 Å². The van der Waals surface area contributed by atoms with Crippen LogP contribution in [0.15, 0.2) is 53.0 Å². The van der Waals surface area contributed by atoms with Crippen molar-refractivity contribution in [1.29, 1.82) is 0 Å². The first-order valence-corrected chi connectivity index (χ1v) is 6.74. The van der Waals surface area contributed by atoms with Gasteiger partial charge in [-0.2, -0.15) is 0 Å². The van der Waals surface area contributed by atoms with Crippen molar-refractivity contribution in [3.63, 3.8) is 0 Å². The van der Waals surface area contributed by atoms with Crippen LogP contribution < -0.4 is 4.74 Å². The van der Waals surface area contributed by atoms with Crippen LogP contribution in [0.25, 0.3) is 0 Å². The smallest absolute Gasteiger partial charge is 0.137 e. The molecule has 0 radical (unpaired) electrons. The molecule has 0 heterocycles. The average molecular weight is 325 g/mol. The van der Waals surface area contributed by atoms with Crippen molar-refractivity contribution >= 4 is 15.9 Å². The fourth-order valence-corrected chi connectivity index (χ4v) is 1.98. The van der Waals surface area contributed by atoms with E-state index in [9.17, 15) is 4.39 Å². The Morgan fingerprint density at radius 3 is 2.53 bits per heavy atom. The van der Waals surface area contributed by atoms with Crippen LogP contribution in [0.1, 0.15) is 5.56 Å². The maximum absolute atomic E-state index is 13.0. The predicted octanol–water partition coefficient (Wildman–Crippen LogP) is 4.18. The lowest BCUT2D eigenvalue weighted by Crippen LogP contribution is -2.06. The molecule has 2 aromatic carbocycles. The van der Waals surface area contributed by atoms with Crippen LogP contribution in [0, 0.1) is 5.82 Å². The number of halogens is 2. The Balaban J connectivity index is 1.68. The van der Waals surface area contributed by atoms with E-state index in [0.29, 0.717) is 24.3 Å². The molecule has 2 aromatic rings. The molecule has 19 heavy (non-hydrogen) atoms. The van der Waals surface area contributed by atoms with Crippen molar-refractivity contribution in [2.75, 3.05) is 13.2 Å². The van der Waals surface area contributed by atoms with Gasteiger partial charge in [-0.15, -0.1) is 0 Å². The van der Waals surface area contributed by atoms with E-state index in [2.05, 4.69) is 15.9 Å². The first kappa shape index (κ1) is 14.0. The highest BCUT2D eigenvalue weighted by Gasteiger charge is 2.00. The largest absolute Gasteiger partial charge is 0.491 e. The molecule has 0 saturated carbocycles. The van der Waals surface area contributed by atoms with Gasteiger partial charge in [0.1, 0.15) is 18.2 Å². The second kappa shape index (κ2) is 7.26. The lowest BCUT2D eigenvalue weighted by Gasteiger charge is -2.07. The molecule has 0 N–H and O–H groups in total. The fourth-order valence-electron chi connectivity index (χ4n) is 1.55. The van der Waals surface area contributed by atoms with E-state index in [-0.39, 0.29) is 5.82 Å². The SMILES string of the molecule is Fc1ccc(COCCOc2ccccc2)cc1Br. The fraction of sp³-hybridized carbons (Fsp3) is 0.200. The van der Waals surface area contributed by atoms with Crippen molar-refractivity contribution in [3.05, 3.63) is 64.4 Å². The number of hydrogen-bond donors (Lipinski definition) is 0. The normalized spacial score (nSPS) is 10.4. The third-order valence-corrected chi connectivity index (χ3v) is 3.10. The van der Waals surface area contributed by atoms with Crippen LogP contribution in [0.4, 0.5) is 4.39 Å². The molecule has 100 valence electrons. The molecule has 0 aliphatic rings. The minimum absolute atomic E-state index is 0.267. The van der Waals surface area contributed by atoms with E-state index < -0.39 is 0 Å². The van der Waals surface area contributed by atoms with Gasteiger partial charge in [-0.3, -0.25) is 0 Å². The number of para-hydroxylation sites is 1. The molecular formula is C15H14BrFO2. The summed E-state index contributed by atoms with van der Waals surface area (Å²) < 4.78 is 24.4. The molecule has 4 heteroatoms. The van der Waals surface area contributed by atoms with E-state index in [1.807, 2.05) is 30.3 Å². The predicted molar refractivity (Wildman–Crippen MR) is 75.7 cm³/mol. The molecule has 0 aliphatic carbocycles. The van der Waals surface area contributed by atoms with Gasteiger partial charge < -0.3 is 9.47 Å². The van der Waals surface area contributed by atoms with Crippen molar-refractivity contribution in [1.82, 2.24) is 0 Å². The molecule has 0 atom stereocenters. The van der Waals surface area contributed by atoms with E-state index in [1.165, 1.54) is 6.07 Å². The van der Waals surface area contributed by atoms with Crippen molar-refractivity contribution in [3.8, 4) is 5.75 Å². The molecule has 0 aromatic heterocycles. The Kier molecular flexibility index (Phi) is 5.36. The summed E-state index contributed by atoms with van der Waals surface area (Å²) >= 11 is 3.14. The van der Waals surface area contributed by atoms with Gasteiger partial charge >= 0.3 is 0 Å². The summed E-state index contributed by atoms with van der Waals surface area (Å²) in [6, 6.07) is 14.4. The quantitative estimate of drug-likeness (QED) is 0.742. The van der Waals surface area contributed by atoms with Gasteiger partial charge in [0.15, 0.2) is 0 Å². The Morgan fingerprint density at radius 1 is 1.00 bits per heavy atom. The molecule has 0 unspecified atom stereocenters. The zero-order valence-corrected chi connectivity index (χ0v) is 11.9. The second-order valence-electron chi connectivity index (χ2n) is 3.96. The Morgan fingerprint density at radius 2 is 1.79 bits per heavy atom. The third kappa shape index (κ3) is 4.65. The van der Waals surface area contributed by atoms with Crippen molar-refractivity contribution in [2.24, 2.45) is 0 Å². The molecule has 0 aliphatic heterocycles. The first-order valence-electron chi connectivity index (χ1n) is 5.95. The Labute approximate surface area is 120 Å². The standard InChI is InChI=1S/C15H14BrFO2/c16-14-10-12(6-7-15(14)17)11-18-8-9-19-13-4-2-1-3-5-13/h1-7,10H,8-9,11H2. The van der Waals surface area contributed by atoms with E-state index >= 15 is 0 Å². The summed E-state index contributed by atoms with van der Waals surface area (Å²) in [7, 11) is 0. The van der Waals surface area contributed by atoms with E-state index in [0.717, 1.165) is 11.3 Å². The topological polar surface area (TPSA) is 18.5 Å². The van der Waals surface area contributed by atoms with Crippen LogP contribution in [-0.4, -0.2) is 13.2 Å². The minimum Gasteiger partial charge on any atom is -0.491 e. The number of benzene rings is 2. The molecule has 0 amide bonds. The molecule has 0 fully saturated rings. The van der Waals surface area contributed by atoms with Gasteiger partial charge in [-0.1, -0.05) is 24.3 Å². The van der Waals surface area contributed by atoms with Gasteiger partial charge in [-0.05, 0) is 45.8 Å². The molecule has 0 bridgehead atoms. The maximum atomic E-state index is 13.0. The van der Waals surface area contributed by atoms with Gasteiger partial charge in [0.2, 0.25) is 0 Å². The van der Waals surface area contributed by atoms with Crippen LogP contribution in [0.2, 0.25) is 0 Å². The summed E-state index contributed by atoms with van der Waals surface area (Å²) in [6.07, 6.45) is 0. The number of ether oxygens (including phenoxy) is 2. The van der Waals surface area contributed by atoms with Gasteiger partial charge in [-0.25, -0.2) is 4.39 Å². The van der Waals surface area contributed by atoms with E-state index in [1.54, 1.807) is 12.1 Å². The average Bonchev–Trinajstić information content (AvgIpc) is 2.43. The zero-order valence-electron chi connectivity index (χ0n) is 10.3. The molecule has 2 nitrogen and oxygen atoms in total. The summed E-state index contributed by atoms with van der Waals surface area (Å²) in [6.45, 7) is 1.42. The zero-order chi connectivity index (χ0) is 13.5. The molecule has 2 rings (SSSR count). The Hall–Kier alpha value is -1.39. The Bertz CT molecular complexity index is 517. The third-order valence-electron chi connectivity index (χ3n) is 2.49. The van der Waals surface area contributed by atoms with E-state index in [4.69, 9.17) is 9.47 Å². The highest BCUT2D eigenvalue weighted by Crippen LogP contribution is 2.17. The van der Waals surface area contributed by atoms with Crippen molar-refractivity contribution < 1.29 is 13.9 Å². The highest BCUT2D eigenvalue weighted by atomic mass is 79.9. The summed E-state index contributed by atoms with van der Waals surface area (Å²) in [4.78, 5) is 0. The van der Waals surface area contributed by atoms with Crippen molar-refractivity contribution in [2.45, 2.75) is 6.61 Å². The number of hydrogen-bond acceptors (Lipinski definition) is 2. The van der Waals surface area contributed by atoms with Crippen LogP contribution in [0.5, 0.6) is 5.75 Å². The summed E-state index contributed by atoms with van der Waals surface area (Å²) in [5, 5.41) is 0. The molecular weight excluding hydrogens is 311 g/mol. The van der Waals surface area contributed by atoms with Gasteiger partial charge in [0, 0.05) is 0 Å². The number of rotatable bonds is 6. The lowest BCUT2D eigenvalue weighted by molar-refractivity contribution is 0.0888. The second-order valence-corrected chi connectivity index (χ2v) is 4.82.